The zero-order chi connectivity index (χ0) is 0. The van der Waals surface area contributed by atoms with Crippen molar-refractivity contribution in [1.29, 1.82) is 0 Å². The van der Waals surface area contributed by atoms with Gasteiger partial charge in [0.25, 0.3) is 0 Å². The van der Waals surface area contributed by atoms with Crippen molar-refractivity contribution in [2.24, 2.45) is 0 Å². The number of hydrogen-bond donors (Lipinski definition) is 0. The van der Waals surface area contributed by atoms with E-state index in [4.69, 9.17) is 0 Å². The Labute approximate surface area is 133 Å². The van der Waals surface area contributed by atoms with Gasteiger partial charge < -0.3 is 11.0 Å². The van der Waals surface area contributed by atoms with Crippen LogP contribution in [-0.2, 0) is 5.48 Å². The second kappa shape index (κ2) is 24.3. The first kappa shape index (κ1) is 35.6. The van der Waals surface area contributed by atoms with Crippen LogP contribution >= 0.6 is 0 Å². The minimum absolute atomic E-state index is 0. The van der Waals surface area contributed by atoms with E-state index in [0.29, 0.717) is 0 Å². The van der Waals surface area contributed by atoms with Crippen LogP contribution in [-0.4, -0.2) is 81.0 Å². The van der Waals surface area contributed by atoms with Gasteiger partial charge in [0.2, 0.25) is 0 Å². The molecule has 0 amide bonds. The summed E-state index contributed by atoms with van der Waals surface area (Å²) in [5.41, 5.74) is 0. The first-order chi connectivity index (χ1) is 0. The van der Waals surface area contributed by atoms with E-state index in [1.165, 1.54) is 0 Å². The summed E-state index contributed by atoms with van der Waals surface area (Å²) < 4.78 is 0. The maximum atomic E-state index is 0. The summed E-state index contributed by atoms with van der Waals surface area (Å²) in [6.07, 6.45) is 0. The topological polar surface area (TPSA) is 58.5 Å². The third-order valence-corrected chi connectivity index (χ3v) is 0. The van der Waals surface area contributed by atoms with Crippen LogP contribution in [0.3, 0.4) is 0 Å². The SMILES string of the molecule is [Ca+2].[Ca+2].[K+].[O-2].[OH-]. The largest absolute Gasteiger partial charge is 2.00 e. The van der Waals surface area contributed by atoms with Gasteiger partial charge in [0, 0.05) is 0 Å². The van der Waals surface area contributed by atoms with Gasteiger partial charge in [0.05, 0.1) is 0 Å². The van der Waals surface area contributed by atoms with Gasteiger partial charge in [-0.3, -0.25) is 0 Å². The van der Waals surface area contributed by atoms with Crippen molar-refractivity contribution in [3.05, 3.63) is 0 Å². The smallest absolute Gasteiger partial charge is 2.00 e. The van der Waals surface area contributed by atoms with Crippen LogP contribution in [0.5, 0.6) is 0 Å². The molecule has 0 atom stereocenters. The van der Waals surface area contributed by atoms with Crippen LogP contribution in [0.25, 0.3) is 0 Å². The van der Waals surface area contributed by atoms with Crippen molar-refractivity contribution < 1.29 is 62.3 Å². The second-order valence-electron chi connectivity index (χ2n) is 0. The molecule has 1 N–H and O–H groups in total. The molecule has 0 aromatic rings. The van der Waals surface area contributed by atoms with Crippen LogP contribution < -0.4 is 51.4 Å². The molecule has 0 fully saturated rings. The maximum absolute atomic E-state index is 0. The molecule has 0 aromatic carbocycles. The van der Waals surface area contributed by atoms with Gasteiger partial charge in [0.15, 0.2) is 0 Å². The van der Waals surface area contributed by atoms with Crippen molar-refractivity contribution in [1.82, 2.24) is 0 Å². The first-order valence-corrected chi connectivity index (χ1v) is 0. The molecule has 0 aliphatic heterocycles. The number of rotatable bonds is 0. The zero-order valence-electron chi connectivity index (χ0n) is 3.27. The Kier molecular flexibility index (Phi) is 173. The molecule has 5 heteroatoms. The quantitative estimate of drug-likeness (QED) is 0.326. The first-order valence-electron chi connectivity index (χ1n) is 0. The molecule has 16 valence electrons. The van der Waals surface area contributed by atoms with E-state index < -0.39 is 0 Å². The summed E-state index contributed by atoms with van der Waals surface area (Å²) in [6, 6.07) is 0. The van der Waals surface area contributed by atoms with Gasteiger partial charge in [-0.05, 0) is 0 Å². The molecular formula is HCa2KO2+2. The molecule has 0 heterocycles. The number of hydrogen-bond acceptors (Lipinski definition) is 1. The van der Waals surface area contributed by atoms with E-state index in [9.17, 15) is 0 Å². The van der Waals surface area contributed by atoms with E-state index >= 15 is 0 Å². The average Bonchev–Trinajstić information content (AvgIpc) is 0. The zero-order valence-corrected chi connectivity index (χ0v) is 10.8. The fourth-order valence-electron chi connectivity index (χ4n) is 0. The van der Waals surface area contributed by atoms with Gasteiger partial charge in [-0.2, -0.15) is 0 Å². The summed E-state index contributed by atoms with van der Waals surface area (Å²) in [7, 11) is 0. The third kappa shape index (κ3) is 17.9. The molecule has 0 spiro atoms. The van der Waals surface area contributed by atoms with E-state index in [1.54, 1.807) is 0 Å². The van der Waals surface area contributed by atoms with Crippen LogP contribution in [0.15, 0.2) is 0 Å². The van der Waals surface area contributed by atoms with Crippen LogP contribution in [0, 0.1) is 0 Å². The Bertz CT molecular complexity index is 7.61. The third-order valence-electron chi connectivity index (χ3n) is 0. The summed E-state index contributed by atoms with van der Waals surface area (Å²) in [5.74, 6) is 0. The molecule has 0 unspecified atom stereocenters. The Morgan fingerprint density at radius 2 is 0.800 bits per heavy atom. The fraction of sp³-hybridized carbons (Fsp3) is 0. The van der Waals surface area contributed by atoms with Gasteiger partial charge in [-0.25, -0.2) is 0 Å². The predicted molar refractivity (Wildman–Crippen MR) is 14.1 cm³/mol. The maximum Gasteiger partial charge on any atom is 2.00 e. The van der Waals surface area contributed by atoms with Crippen LogP contribution in [0.4, 0.5) is 0 Å². The van der Waals surface area contributed by atoms with Gasteiger partial charge >= 0.3 is 127 Å². The average molecular weight is 152 g/mol. The molecule has 0 aromatic heterocycles. The van der Waals surface area contributed by atoms with Crippen molar-refractivity contribution in [2.45, 2.75) is 0 Å². The van der Waals surface area contributed by atoms with Gasteiger partial charge in [-0.15, -0.1) is 0 Å². The molecule has 0 saturated carbocycles. The van der Waals surface area contributed by atoms with E-state index in [0.717, 1.165) is 0 Å². The normalized spacial score (nSPS) is 0. The monoisotopic (exact) mass is 152 g/mol. The Balaban J connectivity index is 0. The second-order valence-corrected chi connectivity index (χ2v) is 0. The molecule has 0 bridgehead atoms. The fourth-order valence-corrected chi connectivity index (χ4v) is 0. The van der Waals surface area contributed by atoms with Crippen LogP contribution in [0.2, 0.25) is 0 Å². The van der Waals surface area contributed by atoms with Crippen molar-refractivity contribution in [2.75, 3.05) is 0 Å². The predicted octanol–water partition coefficient (Wildman–Crippen LogP) is -4.05. The summed E-state index contributed by atoms with van der Waals surface area (Å²) in [5, 5.41) is 0. The molecule has 0 rings (SSSR count). The van der Waals surface area contributed by atoms with Crippen molar-refractivity contribution in [3.8, 4) is 0 Å². The van der Waals surface area contributed by atoms with Crippen molar-refractivity contribution >= 4 is 75.5 Å². The summed E-state index contributed by atoms with van der Waals surface area (Å²) in [4.78, 5) is 0. The molecule has 0 saturated heterocycles. The van der Waals surface area contributed by atoms with Crippen LogP contribution in [0.1, 0.15) is 0 Å². The standard InChI is InChI=1S/2Ca.K.H2O.O/h;;;1H2;/q2*+2;+1;;-2/p-1. The Morgan fingerprint density at radius 1 is 0.800 bits per heavy atom. The van der Waals surface area contributed by atoms with Gasteiger partial charge in [-0.1, -0.05) is 0 Å². The minimum atomic E-state index is 0. The summed E-state index contributed by atoms with van der Waals surface area (Å²) >= 11 is 0. The molecular weight excluding hydrogens is 151 g/mol. The minimum Gasteiger partial charge on any atom is -2.00 e. The Hall–Kier alpha value is 4.08. The Morgan fingerprint density at radius 3 is 0.800 bits per heavy atom. The van der Waals surface area contributed by atoms with Gasteiger partial charge in [0.1, 0.15) is 0 Å². The molecule has 5 heavy (non-hydrogen) atoms. The van der Waals surface area contributed by atoms with E-state index in [2.05, 4.69) is 0 Å². The molecule has 2 nitrogen and oxygen atoms in total. The molecule has 0 aliphatic rings. The molecule has 0 aliphatic carbocycles. The summed E-state index contributed by atoms with van der Waals surface area (Å²) in [6.45, 7) is 0. The van der Waals surface area contributed by atoms with E-state index in [-0.39, 0.29) is 138 Å². The van der Waals surface area contributed by atoms with Crippen molar-refractivity contribution in [3.63, 3.8) is 0 Å². The van der Waals surface area contributed by atoms with E-state index in [1.807, 2.05) is 0 Å². The molecule has 0 radical (unpaired) electrons.